The first-order valence-electron chi connectivity index (χ1n) is 6.84. The molecule has 0 fully saturated rings. The van der Waals surface area contributed by atoms with Crippen molar-refractivity contribution in [3.8, 4) is 11.3 Å². The Kier molecular flexibility index (Phi) is 3.94. The number of hydrogen-bond donors (Lipinski definition) is 0. The molecule has 0 atom stereocenters. The highest BCUT2D eigenvalue weighted by Crippen LogP contribution is 2.27. The minimum atomic E-state index is -0.358. The van der Waals surface area contributed by atoms with Crippen molar-refractivity contribution in [2.45, 2.75) is 6.92 Å². The van der Waals surface area contributed by atoms with Crippen molar-refractivity contribution < 1.29 is 9.53 Å². The van der Waals surface area contributed by atoms with E-state index in [9.17, 15) is 4.79 Å². The highest BCUT2D eigenvalue weighted by molar-refractivity contribution is 9.10. The molecule has 0 unspecified atom stereocenters. The van der Waals surface area contributed by atoms with E-state index < -0.39 is 0 Å². The lowest BCUT2D eigenvalue weighted by atomic mass is 10.0. The van der Waals surface area contributed by atoms with Crippen LogP contribution in [0.15, 0.2) is 53.0 Å². The standard InChI is InChI=1S/C18H14BrNO2/c1-11-3-5-12(6-4-11)16-10-15(18(21)22-2)14-8-7-13(19)9-17(14)20-16/h3-10H,1-2H3. The zero-order valence-corrected chi connectivity index (χ0v) is 13.8. The molecule has 0 saturated carbocycles. The lowest BCUT2D eigenvalue weighted by molar-refractivity contribution is 0.0603. The fourth-order valence-corrected chi connectivity index (χ4v) is 2.70. The first-order chi connectivity index (χ1) is 10.6. The SMILES string of the molecule is COC(=O)c1cc(-c2ccc(C)cc2)nc2cc(Br)ccc12. The van der Waals surface area contributed by atoms with Crippen molar-refractivity contribution in [1.29, 1.82) is 0 Å². The van der Waals surface area contributed by atoms with Gasteiger partial charge in [-0.05, 0) is 25.1 Å². The number of fused-ring (bicyclic) bond motifs is 1. The van der Waals surface area contributed by atoms with E-state index >= 15 is 0 Å². The minimum Gasteiger partial charge on any atom is -0.465 e. The van der Waals surface area contributed by atoms with Gasteiger partial charge in [-0.3, -0.25) is 0 Å². The first-order valence-corrected chi connectivity index (χ1v) is 7.63. The molecule has 22 heavy (non-hydrogen) atoms. The van der Waals surface area contributed by atoms with Crippen LogP contribution in [0.4, 0.5) is 0 Å². The van der Waals surface area contributed by atoms with Crippen LogP contribution in [-0.2, 0) is 4.74 Å². The Balaban J connectivity index is 2.27. The van der Waals surface area contributed by atoms with Gasteiger partial charge in [0.05, 0.1) is 23.9 Å². The van der Waals surface area contributed by atoms with E-state index in [0.29, 0.717) is 5.56 Å². The van der Waals surface area contributed by atoms with Crippen molar-refractivity contribution in [3.63, 3.8) is 0 Å². The summed E-state index contributed by atoms with van der Waals surface area (Å²) in [6.07, 6.45) is 0. The Morgan fingerprint density at radius 1 is 1.09 bits per heavy atom. The number of pyridine rings is 1. The van der Waals surface area contributed by atoms with Crippen molar-refractivity contribution in [2.75, 3.05) is 7.11 Å². The number of rotatable bonds is 2. The third-order valence-electron chi connectivity index (χ3n) is 3.52. The van der Waals surface area contributed by atoms with Crippen LogP contribution in [-0.4, -0.2) is 18.1 Å². The molecule has 0 aliphatic carbocycles. The normalized spacial score (nSPS) is 10.7. The summed E-state index contributed by atoms with van der Waals surface area (Å²) in [5.74, 6) is -0.358. The Morgan fingerprint density at radius 2 is 1.82 bits per heavy atom. The molecule has 1 aromatic heterocycles. The first kappa shape index (κ1) is 14.7. The average molecular weight is 356 g/mol. The van der Waals surface area contributed by atoms with Crippen molar-refractivity contribution >= 4 is 32.8 Å². The Labute approximate surface area is 137 Å². The largest absolute Gasteiger partial charge is 0.465 e. The lowest BCUT2D eigenvalue weighted by Gasteiger charge is -2.09. The van der Waals surface area contributed by atoms with Crippen molar-refractivity contribution in [2.24, 2.45) is 0 Å². The number of methoxy groups -OCH3 is 1. The molecule has 0 spiro atoms. The quantitative estimate of drug-likeness (QED) is 0.622. The maximum absolute atomic E-state index is 12.1. The number of ether oxygens (including phenoxy) is 1. The summed E-state index contributed by atoms with van der Waals surface area (Å²) < 4.78 is 5.83. The summed E-state index contributed by atoms with van der Waals surface area (Å²) in [5.41, 5.74) is 4.19. The van der Waals surface area contributed by atoms with E-state index in [1.165, 1.54) is 12.7 Å². The van der Waals surface area contributed by atoms with Crippen LogP contribution in [0.25, 0.3) is 22.2 Å². The van der Waals surface area contributed by atoms with Crippen LogP contribution < -0.4 is 0 Å². The smallest absolute Gasteiger partial charge is 0.338 e. The molecule has 0 radical (unpaired) electrons. The number of aryl methyl sites for hydroxylation is 1. The van der Waals surface area contributed by atoms with Crippen LogP contribution in [0.1, 0.15) is 15.9 Å². The Hall–Kier alpha value is -2.20. The molecule has 2 aromatic carbocycles. The minimum absolute atomic E-state index is 0.358. The molecule has 4 heteroatoms. The molecular formula is C18H14BrNO2. The van der Waals surface area contributed by atoms with Gasteiger partial charge in [0.1, 0.15) is 0 Å². The summed E-state index contributed by atoms with van der Waals surface area (Å²) in [6, 6.07) is 15.5. The average Bonchev–Trinajstić information content (AvgIpc) is 2.53. The number of carbonyl (C=O) groups excluding carboxylic acids is 1. The highest BCUT2D eigenvalue weighted by atomic mass is 79.9. The molecule has 0 saturated heterocycles. The molecule has 1 heterocycles. The van der Waals surface area contributed by atoms with Gasteiger partial charge in [0.25, 0.3) is 0 Å². The van der Waals surface area contributed by atoms with Gasteiger partial charge in [0, 0.05) is 15.4 Å². The van der Waals surface area contributed by atoms with Crippen molar-refractivity contribution in [1.82, 2.24) is 4.98 Å². The van der Waals surface area contributed by atoms with Crippen molar-refractivity contribution in [3.05, 3.63) is 64.1 Å². The topological polar surface area (TPSA) is 39.2 Å². The third-order valence-corrected chi connectivity index (χ3v) is 4.02. The number of hydrogen-bond acceptors (Lipinski definition) is 3. The van der Waals surface area contributed by atoms with E-state index in [2.05, 4.69) is 20.9 Å². The monoisotopic (exact) mass is 355 g/mol. The number of esters is 1. The van der Waals surface area contributed by atoms with E-state index in [-0.39, 0.29) is 5.97 Å². The number of nitrogens with zero attached hydrogens (tertiary/aromatic N) is 1. The lowest BCUT2D eigenvalue weighted by Crippen LogP contribution is -2.04. The van der Waals surface area contributed by atoms with Crippen LogP contribution in [0.3, 0.4) is 0 Å². The number of halogens is 1. The predicted molar refractivity (Wildman–Crippen MR) is 91.0 cm³/mol. The number of aromatic nitrogens is 1. The Bertz CT molecular complexity index is 857. The predicted octanol–water partition coefficient (Wildman–Crippen LogP) is 4.76. The zero-order valence-electron chi connectivity index (χ0n) is 12.3. The fraction of sp³-hybridized carbons (Fsp3) is 0.111. The molecular weight excluding hydrogens is 342 g/mol. The molecule has 0 aliphatic rings. The molecule has 110 valence electrons. The maximum Gasteiger partial charge on any atom is 0.338 e. The summed E-state index contributed by atoms with van der Waals surface area (Å²) >= 11 is 3.45. The molecule has 3 aromatic rings. The molecule has 3 rings (SSSR count). The van der Waals surface area contributed by atoms with E-state index in [4.69, 9.17) is 4.74 Å². The highest BCUT2D eigenvalue weighted by Gasteiger charge is 2.14. The zero-order chi connectivity index (χ0) is 15.7. The van der Waals surface area contributed by atoms with Gasteiger partial charge >= 0.3 is 5.97 Å². The molecule has 0 N–H and O–H groups in total. The van der Waals surface area contributed by atoms with E-state index in [1.54, 1.807) is 6.07 Å². The van der Waals surface area contributed by atoms with E-state index in [1.807, 2.05) is 49.4 Å². The van der Waals surface area contributed by atoms with Gasteiger partial charge in [-0.2, -0.15) is 0 Å². The van der Waals surface area contributed by atoms with Gasteiger partial charge in [-0.1, -0.05) is 51.8 Å². The van der Waals surface area contributed by atoms with Crippen LogP contribution in [0, 0.1) is 6.92 Å². The second-order valence-electron chi connectivity index (χ2n) is 5.07. The van der Waals surface area contributed by atoms with Gasteiger partial charge in [-0.25, -0.2) is 9.78 Å². The molecule has 0 amide bonds. The molecule has 0 bridgehead atoms. The van der Waals surface area contributed by atoms with Gasteiger partial charge < -0.3 is 4.74 Å². The molecule has 3 nitrogen and oxygen atoms in total. The van der Waals surface area contributed by atoms with Gasteiger partial charge in [0.2, 0.25) is 0 Å². The second-order valence-corrected chi connectivity index (χ2v) is 5.99. The van der Waals surface area contributed by atoms with E-state index in [0.717, 1.165) is 26.6 Å². The summed E-state index contributed by atoms with van der Waals surface area (Å²) in [4.78, 5) is 16.8. The number of benzene rings is 2. The Morgan fingerprint density at radius 3 is 2.50 bits per heavy atom. The fourth-order valence-electron chi connectivity index (χ4n) is 2.35. The van der Waals surface area contributed by atoms with Gasteiger partial charge in [0.15, 0.2) is 0 Å². The summed E-state index contributed by atoms with van der Waals surface area (Å²) in [7, 11) is 1.39. The van der Waals surface area contributed by atoms with Crippen LogP contribution in [0.2, 0.25) is 0 Å². The number of carbonyl (C=O) groups is 1. The molecule has 0 aliphatic heterocycles. The van der Waals surface area contributed by atoms with Crippen LogP contribution in [0.5, 0.6) is 0 Å². The second kappa shape index (κ2) is 5.89. The summed E-state index contributed by atoms with van der Waals surface area (Å²) in [5, 5.41) is 0.783. The van der Waals surface area contributed by atoms with Crippen LogP contribution >= 0.6 is 15.9 Å². The van der Waals surface area contributed by atoms with Gasteiger partial charge in [-0.15, -0.1) is 0 Å². The third kappa shape index (κ3) is 2.74. The maximum atomic E-state index is 12.1. The summed E-state index contributed by atoms with van der Waals surface area (Å²) in [6.45, 7) is 2.04.